The average Bonchev–Trinajstić information content (AvgIpc) is 3.95. The van der Waals surface area contributed by atoms with E-state index in [0.29, 0.717) is 0 Å². The van der Waals surface area contributed by atoms with Crippen LogP contribution in [0.5, 0.6) is 0 Å². The fourth-order valence-electron chi connectivity index (χ4n) is 2.83. The molecule has 0 aliphatic carbocycles. The smallest absolute Gasteiger partial charge is 0.599 e. The van der Waals surface area contributed by atoms with Crippen molar-refractivity contribution < 1.29 is 112 Å². The van der Waals surface area contributed by atoms with E-state index in [0.717, 1.165) is 52.9 Å². The molecule has 4 aliphatic heterocycles. The van der Waals surface area contributed by atoms with Crippen LogP contribution in [0, 0.1) is 25.1 Å². The van der Waals surface area contributed by atoms with Crippen molar-refractivity contribution in [3.05, 3.63) is 98.6 Å². The fraction of sp³-hybridized carbons (Fsp3) is 0.500. The molecule has 0 spiro atoms. The average molecular weight is 584 g/mol. The quantitative estimate of drug-likeness (QED) is 0.151. The third-order valence-corrected chi connectivity index (χ3v) is 4.83. The molecule has 0 N–H and O–H groups in total. The molecule has 0 bridgehead atoms. The van der Waals surface area contributed by atoms with E-state index in [1.165, 1.54) is 51.4 Å². The predicted molar refractivity (Wildman–Crippen MR) is 150 cm³/mol. The van der Waals surface area contributed by atoms with Gasteiger partial charge >= 0.3 is 75.4 Å². The summed E-state index contributed by atoms with van der Waals surface area (Å²) in [6.45, 7) is 8.00. The van der Waals surface area contributed by atoms with Gasteiger partial charge in [0.1, 0.15) is 0 Å². The zero-order valence-electron chi connectivity index (χ0n) is 27.5. The predicted octanol–water partition coefficient (Wildman–Crippen LogP) is -4.48. The Balaban J connectivity index is -0.000000205. The monoisotopic (exact) mass is 584 g/mol. The van der Waals surface area contributed by atoms with E-state index >= 15 is 0 Å². The SMILES string of the molecule is C1CCOC1.C1CCOC1.C1CCOC1.C1CCOC1.[Li+].[Li+].[Li+].[Li+].[c-]1ccco1.[c-]1ccco1.[c-]1ccco1.[c-]1ccco1. The second-order valence-electron chi connectivity index (χ2n) is 8.20. The second kappa shape index (κ2) is 46.8. The first-order valence-corrected chi connectivity index (χ1v) is 13.9. The summed E-state index contributed by atoms with van der Waals surface area (Å²) in [5, 5.41) is 0. The van der Waals surface area contributed by atoms with Crippen molar-refractivity contribution in [2.75, 3.05) is 52.9 Å². The molecule has 44 heavy (non-hydrogen) atoms. The third kappa shape index (κ3) is 43.5. The fourth-order valence-corrected chi connectivity index (χ4v) is 2.83. The molecule has 12 heteroatoms. The number of hydrogen-bond donors (Lipinski definition) is 0. The maximum atomic E-state index is 4.94. The standard InChI is InChI=1S/4C4H8O.4C4H3O.4Li/c8*1-2-4-5-3-1;;;;/h4*1-4H2;4*1-3H;;;;/q;;;;4*-1;4*+1. The summed E-state index contributed by atoms with van der Waals surface area (Å²) in [4.78, 5) is 0. The second-order valence-corrected chi connectivity index (χ2v) is 8.20. The Labute approximate surface area is 312 Å². The largest absolute Gasteiger partial charge is 1.00 e. The van der Waals surface area contributed by atoms with Gasteiger partial charge in [-0.05, 0) is 76.4 Å². The molecule has 4 saturated heterocycles. The molecule has 224 valence electrons. The van der Waals surface area contributed by atoms with Gasteiger partial charge in [0, 0.05) is 52.9 Å². The molecule has 0 atom stereocenters. The first-order chi connectivity index (χ1) is 20.0. The molecule has 8 rings (SSSR count). The van der Waals surface area contributed by atoms with Crippen LogP contribution in [-0.4, -0.2) is 52.9 Å². The van der Waals surface area contributed by atoms with Gasteiger partial charge in [-0.25, -0.2) is 0 Å². The van der Waals surface area contributed by atoms with Crippen LogP contribution in [-0.2, 0) is 18.9 Å². The van der Waals surface area contributed by atoms with Gasteiger partial charge in [0.15, 0.2) is 0 Å². The Morgan fingerprint density at radius 1 is 0.295 bits per heavy atom. The van der Waals surface area contributed by atoms with Crippen molar-refractivity contribution in [1.82, 2.24) is 0 Å². The van der Waals surface area contributed by atoms with Crippen LogP contribution in [0.1, 0.15) is 51.4 Å². The van der Waals surface area contributed by atoms with Gasteiger partial charge in [-0.2, -0.15) is 24.3 Å². The van der Waals surface area contributed by atoms with E-state index in [4.69, 9.17) is 18.9 Å². The summed E-state index contributed by atoms with van der Waals surface area (Å²) < 4.78 is 37.6. The molecular weight excluding hydrogens is 540 g/mol. The zero-order chi connectivity index (χ0) is 28.3. The third-order valence-electron chi connectivity index (χ3n) is 4.83. The van der Waals surface area contributed by atoms with Crippen LogP contribution < -0.4 is 75.4 Å². The van der Waals surface area contributed by atoms with Gasteiger partial charge in [-0.15, -0.1) is 24.3 Å². The Morgan fingerprint density at radius 2 is 0.477 bits per heavy atom. The molecule has 4 aromatic heterocycles. The number of furan rings is 4. The van der Waals surface area contributed by atoms with Crippen LogP contribution in [0.3, 0.4) is 0 Å². The summed E-state index contributed by atoms with van der Waals surface area (Å²) in [7, 11) is 0. The zero-order valence-corrected chi connectivity index (χ0v) is 27.5. The number of hydrogen-bond acceptors (Lipinski definition) is 8. The summed E-state index contributed by atoms with van der Waals surface area (Å²) in [6.07, 6.45) is 26.4. The van der Waals surface area contributed by atoms with E-state index < -0.39 is 0 Å². The molecule has 0 saturated carbocycles. The van der Waals surface area contributed by atoms with E-state index in [2.05, 4.69) is 42.7 Å². The maximum Gasteiger partial charge on any atom is 1.00 e. The normalized spacial score (nSPS) is 14.5. The van der Waals surface area contributed by atoms with Gasteiger partial charge in [-0.3, -0.25) is 0 Å². The summed E-state index contributed by atoms with van der Waals surface area (Å²) in [5.74, 6) is 0. The van der Waals surface area contributed by atoms with E-state index in [1.807, 2.05) is 0 Å². The number of rotatable bonds is 0. The van der Waals surface area contributed by atoms with Gasteiger partial charge in [-0.1, -0.05) is 25.1 Å². The van der Waals surface area contributed by atoms with Crippen molar-refractivity contribution in [3.8, 4) is 0 Å². The minimum Gasteiger partial charge on any atom is -0.599 e. The summed E-state index contributed by atoms with van der Waals surface area (Å²) in [5.41, 5.74) is 0. The Hall–Kier alpha value is -0.650. The van der Waals surface area contributed by atoms with Crippen LogP contribution in [0.15, 0.2) is 91.3 Å². The molecule has 0 aromatic carbocycles. The Bertz CT molecular complexity index is 589. The van der Waals surface area contributed by atoms with Crippen LogP contribution in [0.4, 0.5) is 0 Å². The first kappa shape index (κ1) is 50.2. The molecule has 0 amide bonds. The molecule has 8 nitrogen and oxygen atoms in total. The molecule has 4 fully saturated rings. The minimum absolute atomic E-state index is 0. The minimum atomic E-state index is 0. The van der Waals surface area contributed by atoms with Gasteiger partial charge in [0.2, 0.25) is 0 Å². The molecule has 0 unspecified atom stereocenters. The van der Waals surface area contributed by atoms with Crippen molar-refractivity contribution in [1.29, 1.82) is 0 Å². The Kier molecular flexibility index (Phi) is 53.4. The molecule has 8 heterocycles. The van der Waals surface area contributed by atoms with Crippen molar-refractivity contribution in [2.24, 2.45) is 0 Å². The van der Waals surface area contributed by atoms with Crippen molar-refractivity contribution in [2.45, 2.75) is 51.4 Å². The first-order valence-electron chi connectivity index (χ1n) is 13.9. The van der Waals surface area contributed by atoms with Crippen molar-refractivity contribution in [3.63, 3.8) is 0 Å². The molecular formula is C32H44Li4O8. The molecule has 0 radical (unpaired) electrons. The Morgan fingerprint density at radius 3 is 0.523 bits per heavy atom. The summed E-state index contributed by atoms with van der Waals surface area (Å²) >= 11 is 0. The van der Waals surface area contributed by atoms with Crippen LogP contribution in [0.25, 0.3) is 0 Å². The number of ether oxygens (including phenoxy) is 4. The maximum absolute atomic E-state index is 4.94. The van der Waals surface area contributed by atoms with E-state index in [9.17, 15) is 0 Å². The van der Waals surface area contributed by atoms with Crippen LogP contribution in [0.2, 0.25) is 0 Å². The summed E-state index contributed by atoms with van der Waals surface area (Å²) in [6, 6.07) is 13.9. The van der Waals surface area contributed by atoms with Gasteiger partial charge < -0.3 is 36.6 Å². The molecule has 4 aromatic rings. The molecule has 4 aliphatic rings. The van der Waals surface area contributed by atoms with Gasteiger partial charge in [0.05, 0.1) is 0 Å². The van der Waals surface area contributed by atoms with E-state index in [-0.39, 0.29) is 75.4 Å². The van der Waals surface area contributed by atoms with Crippen LogP contribution >= 0.6 is 0 Å². The topological polar surface area (TPSA) is 89.5 Å². The van der Waals surface area contributed by atoms with E-state index in [1.54, 1.807) is 73.6 Å². The van der Waals surface area contributed by atoms with Gasteiger partial charge in [0.25, 0.3) is 0 Å². The van der Waals surface area contributed by atoms with Crippen molar-refractivity contribution >= 4 is 0 Å².